The summed E-state index contributed by atoms with van der Waals surface area (Å²) in [6, 6.07) is 4.71. The minimum Gasteiger partial charge on any atom is -0.360 e. The molecule has 0 aromatic heterocycles. The van der Waals surface area contributed by atoms with E-state index in [0.29, 0.717) is 15.7 Å². The van der Waals surface area contributed by atoms with Gasteiger partial charge in [-0.05, 0) is 18.2 Å². The van der Waals surface area contributed by atoms with E-state index in [1.165, 1.54) is 4.90 Å². The van der Waals surface area contributed by atoms with Crippen LogP contribution in [0.25, 0.3) is 0 Å². The van der Waals surface area contributed by atoms with Gasteiger partial charge in [-0.25, -0.2) is 0 Å². The highest BCUT2D eigenvalue weighted by atomic mass is 35.5. The first kappa shape index (κ1) is 10.7. The van der Waals surface area contributed by atoms with Crippen molar-refractivity contribution in [2.24, 2.45) is 0 Å². The van der Waals surface area contributed by atoms with Gasteiger partial charge in [-0.1, -0.05) is 23.2 Å². The van der Waals surface area contributed by atoms with Crippen molar-refractivity contribution in [3.63, 3.8) is 0 Å². The third-order valence-corrected chi connectivity index (χ3v) is 2.43. The summed E-state index contributed by atoms with van der Waals surface area (Å²) in [7, 11) is 0. The van der Waals surface area contributed by atoms with Gasteiger partial charge in [0.15, 0.2) is 0 Å². The van der Waals surface area contributed by atoms with E-state index in [-0.39, 0.29) is 6.73 Å². The average molecular weight is 248 g/mol. The SMILES string of the molecule is O=C1C(O)OCN1c1cc(Cl)cc(Cl)c1. The van der Waals surface area contributed by atoms with Crippen LogP contribution in [0.1, 0.15) is 0 Å². The predicted molar refractivity (Wildman–Crippen MR) is 55.9 cm³/mol. The number of hydrogen-bond donors (Lipinski definition) is 1. The number of nitrogens with zero attached hydrogens (tertiary/aromatic N) is 1. The molecular weight excluding hydrogens is 241 g/mol. The number of halogens is 2. The molecule has 1 atom stereocenters. The van der Waals surface area contributed by atoms with E-state index >= 15 is 0 Å². The first-order valence-corrected chi connectivity index (χ1v) is 4.90. The Morgan fingerprint density at radius 1 is 1.33 bits per heavy atom. The number of aliphatic hydroxyl groups excluding tert-OH is 1. The topological polar surface area (TPSA) is 49.8 Å². The van der Waals surface area contributed by atoms with Crippen LogP contribution in [0.4, 0.5) is 5.69 Å². The van der Waals surface area contributed by atoms with Crippen LogP contribution >= 0.6 is 23.2 Å². The van der Waals surface area contributed by atoms with Gasteiger partial charge in [0.1, 0.15) is 6.73 Å². The Balaban J connectivity index is 2.34. The van der Waals surface area contributed by atoms with Gasteiger partial charge >= 0.3 is 0 Å². The molecular formula is C9H7Cl2NO3. The van der Waals surface area contributed by atoms with Gasteiger partial charge in [0, 0.05) is 15.7 Å². The van der Waals surface area contributed by atoms with Crippen LogP contribution in [0, 0.1) is 0 Å². The number of benzene rings is 1. The van der Waals surface area contributed by atoms with Gasteiger partial charge in [0.25, 0.3) is 5.91 Å². The number of aliphatic hydroxyl groups is 1. The number of hydrogen-bond acceptors (Lipinski definition) is 3. The Kier molecular flexibility index (Phi) is 2.84. The summed E-state index contributed by atoms with van der Waals surface area (Å²) < 4.78 is 4.76. The van der Waals surface area contributed by atoms with Crippen molar-refractivity contribution in [2.45, 2.75) is 6.29 Å². The van der Waals surface area contributed by atoms with Crippen molar-refractivity contribution in [2.75, 3.05) is 11.6 Å². The summed E-state index contributed by atoms with van der Waals surface area (Å²) in [5, 5.41) is 9.93. The van der Waals surface area contributed by atoms with E-state index in [2.05, 4.69) is 0 Å². The van der Waals surface area contributed by atoms with Crippen LogP contribution in [0.2, 0.25) is 10.0 Å². The van der Waals surface area contributed by atoms with Crippen molar-refractivity contribution in [3.8, 4) is 0 Å². The molecule has 1 aromatic rings. The van der Waals surface area contributed by atoms with Crippen molar-refractivity contribution in [1.29, 1.82) is 0 Å². The van der Waals surface area contributed by atoms with Crippen molar-refractivity contribution in [1.82, 2.24) is 0 Å². The molecule has 1 aliphatic heterocycles. The maximum absolute atomic E-state index is 11.4. The minimum atomic E-state index is -1.40. The third kappa shape index (κ3) is 2.08. The lowest BCUT2D eigenvalue weighted by molar-refractivity contribution is -0.139. The fourth-order valence-electron chi connectivity index (χ4n) is 1.31. The Hall–Kier alpha value is -0.810. The van der Waals surface area contributed by atoms with Crippen LogP contribution in [0.3, 0.4) is 0 Å². The Morgan fingerprint density at radius 3 is 2.40 bits per heavy atom. The molecule has 0 spiro atoms. The van der Waals surface area contributed by atoms with E-state index in [9.17, 15) is 4.79 Å². The van der Waals surface area contributed by atoms with Crippen molar-refractivity contribution >= 4 is 34.8 Å². The maximum Gasteiger partial charge on any atom is 0.285 e. The fraction of sp³-hybridized carbons (Fsp3) is 0.222. The standard InChI is InChI=1S/C9H7Cl2NO3/c10-5-1-6(11)3-7(2-5)12-4-15-9(14)8(12)13/h1-3,9,14H,4H2. The molecule has 0 bridgehead atoms. The number of amides is 1. The first-order chi connectivity index (χ1) is 7.08. The second-order valence-electron chi connectivity index (χ2n) is 3.04. The zero-order valence-electron chi connectivity index (χ0n) is 7.48. The largest absolute Gasteiger partial charge is 0.360 e. The molecule has 1 unspecified atom stereocenters. The molecule has 2 rings (SSSR count). The number of carbonyl (C=O) groups excluding carboxylic acids is 1. The van der Waals surface area contributed by atoms with Crippen molar-refractivity contribution < 1.29 is 14.6 Å². The van der Waals surface area contributed by atoms with Gasteiger partial charge in [0.05, 0.1) is 0 Å². The first-order valence-electron chi connectivity index (χ1n) is 4.15. The maximum atomic E-state index is 11.4. The van der Waals surface area contributed by atoms with E-state index < -0.39 is 12.2 Å². The molecule has 0 aliphatic carbocycles. The third-order valence-electron chi connectivity index (χ3n) is 2.00. The average Bonchev–Trinajstić information content (AvgIpc) is 2.46. The summed E-state index contributed by atoms with van der Waals surface area (Å²) in [6.07, 6.45) is -1.40. The highest BCUT2D eigenvalue weighted by molar-refractivity contribution is 6.35. The van der Waals surface area contributed by atoms with Crippen LogP contribution in [-0.2, 0) is 9.53 Å². The van der Waals surface area contributed by atoms with Gasteiger partial charge < -0.3 is 9.84 Å². The lowest BCUT2D eigenvalue weighted by atomic mass is 10.3. The summed E-state index contributed by atoms with van der Waals surface area (Å²) >= 11 is 11.6. The molecule has 15 heavy (non-hydrogen) atoms. The number of rotatable bonds is 1. The highest BCUT2D eigenvalue weighted by Crippen LogP contribution is 2.27. The van der Waals surface area contributed by atoms with E-state index in [0.717, 1.165) is 0 Å². The summed E-state index contributed by atoms with van der Waals surface area (Å²) in [5.74, 6) is -0.520. The van der Waals surface area contributed by atoms with Crippen molar-refractivity contribution in [3.05, 3.63) is 28.2 Å². The molecule has 6 heteroatoms. The second-order valence-corrected chi connectivity index (χ2v) is 3.91. The normalized spacial score (nSPS) is 21.1. The smallest absolute Gasteiger partial charge is 0.285 e. The van der Waals surface area contributed by atoms with Crippen LogP contribution in [0.5, 0.6) is 0 Å². The molecule has 0 saturated carbocycles. The molecule has 4 nitrogen and oxygen atoms in total. The zero-order valence-corrected chi connectivity index (χ0v) is 9.00. The monoisotopic (exact) mass is 247 g/mol. The van der Waals surface area contributed by atoms with Gasteiger partial charge in [-0.3, -0.25) is 9.69 Å². The molecule has 1 heterocycles. The summed E-state index contributed by atoms with van der Waals surface area (Å²) in [5.41, 5.74) is 0.508. The summed E-state index contributed by atoms with van der Waals surface area (Å²) in [4.78, 5) is 12.7. The van der Waals surface area contributed by atoms with Gasteiger partial charge in [0.2, 0.25) is 6.29 Å². The molecule has 1 aliphatic rings. The number of carbonyl (C=O) groups is 1. The quantitative estimate of drug-likeness (QED) is 0.821. The molecule has 1 amide bonds. The molecule has 1 N–H and O–H groups in total. The second kappa shape index (κ2) is 3.98. The predicted octanol–water partition coefficient (Wildman–Crippen LogP) is 1.63. The van der Waals surface area contributed by atoms with Crippen LogP contribution in [-0.4, -0.2) is 24.0 Å². The molecule has 1 saturated heterocycles. The Bertz CT molecular complexity index is 390. The highest BCUT2D eigenvalue weighted by Gasteiger charge is 2.32. The number of anilines is 1. The Labute approximate surface area is 96.0 Å². The number of ether oxygens (including phenoxy) is 1. The van der Waals surface area contributed by atoms with E-state index in [1.807, 2.05) is 0 Å². The molecule has 0 radical (unpaired) electrons. The lowest BCUT2D eigenvalue weighted by Gasteiger charge is -2.14. The lowest BCUT2D eigenvalue weighted by Crippen LogP contribution is -2.29. The molecule has 1 aromatic carbocycles. The van der Waals surface area contributed by atoms with E-state index in [4.69, 9.17) is 33.0 Å². The van der Waals surface area contributed by atoms with Crippen LogP contribution < -0.4 is 4.90 Å². The van der Waals surface area contributed by atoms with Gasteiger partial charge in [-0.2, -0.15) is 0 Å². The van der Waals surface area contributed by atoms with Gasteiger partial charge in [-0.15, -0.1) is 0 Å². The molecule has 80 valence electrons. The summed E-state index contributed by atoms with van der Waals surface area (Å²) in [6.45, 7) is -0.00330. The van der Waals surface area contributed by atoms with E-state index in [1.54, 1.807) is 18.2 Å². The Morgan fingerprint density at radius 2 is 1.93 bits per heavy atom. The molecule has 1 fully saturated rings. The van der Waals surface area contributed by atoms with Crippen LogP contribution in [0.15, 0.2) is 18.2 Å². The zero-order chi connectivity index (χ0) is 11.0. The fourth-order valence-corrected chi connectivity index (χ4v) is 1.82. The minimum absolute atomic E-state index is 0.00330.